The fraction of sp³-hybridized carbons (Fsp3) is 0.435. The number of hydrogen-bond acceptors (Lipinski definition) is 5. The van der Waals surface area contributed by atoms with E-state index in [0.717, 1.165) is 74.7 Å². The first kappa shape index (κ1) is 19.2. The first-order chi connectivity index (χ1) is 14.7. The van der Waals surface area contributed by atoms with Crippen LogP contribution < -0.4 is 0 Å². The van der Waals surface area contributed by atoms with E-state index in [-0.39, 0.29) is 0 Å². The molecule has 7 nitrogen and oxygen atoms in total. The fourth-order valence-electron chi connectivity index (χ4n) is 4.38. The van der Waals surface area contributed by atoms with Crippen LogP contribution in [-0.2, 0) is 17.7 Å². The Kier molecular flexibility index (Phi) is 5.23. The average Bonchev–Trinajstić information content (AvgIpc) is 3.29. The van der Waals surface area contributed by atoms with Crippen molar-refractivity contribution < 1.29 is 4.74 Å². The minimum atomic E-state index is 0.725. The largest absolute Gasteiger partial charge is 0.379 e. The van der Waals surface area contributed by atoms with Crippen molar-refractivity contribution in [3.63, 3.8) is 0 Å². The zero-order valence-electron chi connectivity index (χ0n) is 17.7. The summed E-state index contributed by atoms with van der Waals surface area (Å²) in [6.07, 6.45) is 3.63. The van der Waals surface area contributed by atoms with Crippen LogP contribution in [0.25, 0.3) is 16.7 Å². The van der Waals surface area contributed by atoms with E-state index in [1.807, 2.05) is 10.6 Å². The summed E-state index contributed by atoms with van der Waals surface area (Å²) in [5, 5.41) is 5.80. The molecule has 1 fully saturated rings. The molecule has 0 bridgehead atoms. The summed E-state index contributed by atoms with van der Waals surface area (Å²) >= 11 is 0. The molecule has 156 valence electrons. The van der Waals surface area contributed by atoms with Gasteiger partial charge in [0.25, 0.3) is 0 Å². The van der Waals surface area contributed by atoms with E-state index in [4.69, 9.17) is 14.7 Å². The zero-order chi connectivity index (χ0) is 20.5. The fourth-order valence-corrected chi connectivity index (χ4v) is 4.38. The van der Waals surface area contributed by atoms with Gasteiger partial charge in [0.15, 0.2) is 11.5 Å². The van der Waals surface area contributed by atoms with Gasteiger partial charge in [0.1, 0.15) is 12.0 Å². The van der Waals surface area contributed by atoms with Gasteiger partial charge >= 0.3 is 0 Å². The van der Waals surface area contributed by atoms with Crippen molar-refractivity contribution in [3.8, 4) is 0 Å². The number of benzene rings is 1. The molecule has 0 amide bonds. The average molecular weight is 405 g/mol. The second-order valence-corrected chi connectivity index (χ2v) is 8.07. The summed E-state index contributed by atoms with van der Waals surface area (Å²) < 4.78 is 9.62. The van der Waals surface area contributed by atoms with Crippen molar-refractivity contribution in [2.75, 3.05) is 32.8 Å². The molecule has 1 aromatic carbocycles. The van der Waals surface area contributed by atoms with E-state index < -0.39 is 0 Å². The van der Waals surface area contributed by atoms with Crippen LogP contribution in [0.5, 0.6) is 0 Å². The zero-order valence-corrected chi connectivity index (χ0v) is 17.7. The van der Waals surface area contributed by atoms with Crippen molar-refractivity contribution in [3.05, 3.63) is 59.3 Å². The van der Waals surface area contributed by atoms with Gasteiger partial charge in [-0.15, -0.1) is 5.10 Å². The van der Waals surface area contributed by atoms with Gasteiger partial charge in [-0.3, -0.25) is 4.90 Å². The Morgan fingerprint density at radius 1 is 1.00 bits per heavy atom. The second kappa shape index (κ2) is 8.16. The monoisotopic (exact) mass is 404 g/mol. The summed E-state index contributed by atoms with van der Waals surface area (Å²) in [6, 6.07) is 10.4. The Morgan fingerprint density at radius 3 is 2.60 bits per heavy atom. The lowest BCUT2D eigenvalue weighted by molar-refractivity contribution is 0.0369. The van der Waals surface area contributed by atoms with Gasteiger partial charge in [0, 0.05) is 38.3 Å². The Labute approximate surface area is 176 Å². The predicted octanol–water partition coefficient (Wildman–Crippen LogP) is 3.01. The third-order valence-electron chi connectivity index (χ3n) is 6.15. The minimum absolute atomic E-state index is 0.725. The van der Waals surface area contributed by atoms with Gasteiger partial charge in [-0.25, -0.2) is 14.5 Å². The number of nitrogens with zero attached hydrogens (tertiary/aromatic N) is 6. The van der Waals surface area contributed by atoms with E-state index in [9.17, 15) is 0 Å². The topological polar surface area (TPSA) is 60.5 Å². The number of hydrogen-bond donors (Lipinski definition) is 0. The maximum atomic E-state index is 5.45. The highest BCUT2D eigenvalue weighted by molar-refractivity contribution is 5.93. The van der Waals surface area contributed by atoms with Crippen LogP contribution in [0.1, 0.15) is 29.1 Å². The summed E-state index contributed by atoms with van der Waals surface area (Å²) in [5.74, 6) is 0.827. The molecule has 1 saturated heterocycles. The molecule has 0 spiro atoms. The van der Waals surface area contributed by atoms with Crippen LogP contribution in [0.2, 0.25) is 0 Å². The molecule has 0 radical (unpaired) electrons. The highest BCUT2D eigenvalue weighted by Gasteiger charge is 2.18. The number of aromatic nitrogens is 5. The van der Waals surface area contributed by atoms with Crippen molar-refractivity contribution in [1.29, 1.82) is 0 Å². The van der Waals surface area contributed by atoms with E-state index in [1.54, 1.807) is 6.33 Å². The van der Waals surface area contributed by atoms with Gasteiger partial charge in [0.05, 0.1) is 18.6 Å². The van der Waals surface area contributed by atoms with Crippen LogP contribution in [0, 0.1) is 13.8 Å². The number of rotatable bonds is 6. The van der Waals surface area contributed by atoms with Crippen LogP contribution >= 0.6 is 0 Å². The molecule has 0 N–H and O–H groups in total. The van der Waals surface area contributed by atoms with Crippen LogP contribution in [-0.4, -0.2) is 61.9 Å². The lowest BCUT2D eigenvalue weighted by atomic mass is 10.1. The second-order valence-electron chi connectivity index (χ2n) is 8.07. The number of fused-ring (bicyclic) bond motifs is 3. The molecule has 30 heavy (non-hydrogen) atoms. The quantitative estimate of drug-likeness (QED) is 0.494. The first-order valence-corrected chi connectivity index (χ1v) is 10.7. The van der Waals surface area contributed by atoms with Crippen molar-refractivity contribution in [2.45, 2.75) is 33.2 Å². The molecule has 7 heteroatoms. The van der Waals surface area contributed by atoms with Gasteiger partial charge in [-0.1, -0.05) is 30.3 Å². The molecular weight excluding hydrogens is 376 g/mol. The maximum Gasteiger partial charge on any atom is 0.168 e. The van der Waals surface area contributed by atoms with Crippen molar-refractivity contribution in [1.82, 2.24) is 29.0 Å². The Hall–Kier alpha value is -2.77. The van der Waals surface area contributed by atoms with E-state index in [0.29, 0.717) is 0 Å². The smallest absolute Gasteiger partial charge is 0.168 e. The van der Waals surface area contributed by atoms with Crippen LogP contribution in [0.4, 0.5) is 0 Å². The Morgan fingerprint density at radius 2 is 1.80 bits per heavy atom. The van der Waals surface area contributed by atoms with Gasteiger partial charge in [0.2, 0.25) is 0 Å². The normalized spacial score (nSPS) is 15.4. The molecule has 0 saturated carbocycles. The highest BCUT2D eigenvalue weighted by Crippen LogP contribution is 2.27. The van der Waals surface area contributed by atoms with E-state index in [2.05, 4.69) is 52.7 Å². The summed E-state index contributed by atoms with van der Waals surface area (Å²) in [5.41, 5.74) is 5.64. The minimum Gasteiger partial charge on any atom is -0.379 e. The lowest BCUT2D eigenvalue weighted by Gasteiger charge is -2.26. The maximum absolute atomic E-state index is 5.45. The molecule has 0 atom stereocenters. The summed E-state index contributed by atoms with van der Waals surface area (Å²) in [7, 11) is 0. The van der Waals surface area contributed by atoms with Gasteiger partial charge in [-0.05, 0) is 31.4 Å². The van der Waals surface area contributed by atoms with Crippen molar-refractivity contribution >= 4 is 16.7 Å². The SMILES string of the molecule is Cc1c(C)n(CCCN2CCOCC2)c2ncn3nc(Cc4ccccc4)nc3c12. The standard InChI is InChI=1S/C23H28N6O/c1-17-18(2)28(10-6-9-27-11-13-30-14-12-27)22-21(17)23-25-20(26-29(23)16-24-22)15-19-7-4-3-5-8-19/h3-5,7-8,16H,6,9-15H2,1-2H3. The third kappa shape index (κ3) is 3.59. The Bertz CT molecular complexity index is 1160. The van der Waals surface area contributed by atoms with Crippen LogP contribution in [0.3, 0.4) is 0 Å². The highest BCUT2D eigenvalue weighted by atomic mass is 16.5. The third-order valence-corrected chi connectivity index (χ3v) is 6.15. The molecule has 0 unspecified atom stereocenters. The lowest BCUT2D eigenvalue weighted by Crippen LogP contribution is -2.37. The van der Waals surface area contributed by atoms with Crippen LogP contribution in [0.15, 0.2) is 36.7 Å². The van der Waals surface area contributed by atoms with Crippen molar-refractivity contribution in [2.24, 2.45) is 0 Å². The molecule has 3 aromatic heterocycles. The van der Waals surface area contributed by atoms with Gasteiger partial charge < -0.3 is 9.30 Å². The predicted molar refractivity (Wildman–Crippen MR) is 117 cm³/mol. The number of morpholine rings is 1. The number of ether oxygens (including phenoxy) is 1. The first-order valence-electron chi connectivity index (χ1n) is 10.7. The number of aryl methyl sites for hydroxylation is 2. The molecule has 5 rings (SSSR count). The van der Waals surface area contributed by atoms with E-state index >= 15 is 0 Å². The molecule has 0 aliphatic carbocycles. The Balaban J connectivity index is 1.43. The summed E-state index contributed by atoms with van der Waals surface area (Å²) in [6.45, 7) is 10.2. The molecule has 4 aromatic rings. The molecule has 1 aliphatic rings. The van der Waals surface area contributed by atoms with E-state index in [1.165, 1.54) is 16.8 Å². The van der Waals surface area contributed by atoms with Gasteiger partial charge in [-0.2, -0.15) is 0 Å². The molecule has 1 aliphatic heterocycles. The molecular formula is C23H28N6O. The molecule has 4 heterocycles. The summed E-state index contributed by atoms with van der Waals surface area (Å²) in [4.78, 5) is 12.1.